The maximum atomic E-state index is 13.7. The minimum absolute atomic E-state index is 0.203. The number of aryl methyl sites for hydroxylation is 1. The number of hydrogen-bond donors (Lipinski definition) is 0. The quantitative estimate of drug-likeness (QED) is 0.255. The van der Waals surface area contributed by atoms with Gasteiger partial charge in [0.25, 0.3) is 0 Å². The molecule has 0 N–H and O–H groups in total. The molecule has 0 spiro atoms. The molecule has 0 saturated carbocycles. The molecule has 0 aliphatic carbocycles. The first-order valence-corrected chi connectivity index (χ1v) is 12.0. The number of nitrogens with zero attached hydrogens (tertiary/aromatic N) is 2. The van der Waals surface area contributed by atoms with Crippen molar-refractivity contribution in [1.82, 2.24) is 9.97 Å². The molecule has 2 atom stereocenters. The fraction of sp³-hybridized carbons (Fsp3) is 0.615. The van der Waals surface area contributed by atoms with Gasteiger partial charge in [0, 0.05) is 5.56 Å². The lowest BCUT2D eigenvalue weighted by molar-refractivity contribution is 0.102. The minimum atomic E-state index is -1.63. The molecule has 172 valence electrons. The van der Waals surface area contributed by atoms with Crippen molar-refractivity contribution in [2.75, 3.05) is 6.61 Å². The smallest absolute Gasteiger partial charge is 0.165 e. The molecule has 5 heteroatoms. The van der Waals surface area contributed by atoms with Gasteiger partial charge in [0.1, 0.15) is 12.8 Å². The Morgan fingerprint density at radius 3 is 2.00 bits per heavy atom. The topological polar surface area (TPSA) is 35.0 Å². The van der Waals surface area contributed by atoms with E-state index in [-0.39, 0.29) is 13.0 Å². The molecule has 1 aromatic heterocycles. The molecule has 0 aliphatic rings. The van der Waals surface area contributed by atoms with Gasteiger partial charge < -0.3 is 4.74 Å². The second kappa shape index (κ2) is 14.9. The fourth-order valence-corrected chi connectivity index (χ4v) is 3.56. The Morgan fingerprint density at radius 2 is 1.39 bits per heavy atom. The van der Waals surface area contributed by atoms with Crippen molar-refractivity contribution in [3.8, 4) is 17.1 Å². The fourth-order valence-electron chi connectivity index (χ4n) is 3.56. The third-order valence-corrected chi connectivity index (χ3v) is 5.53. The van der Waals surface area contributed by atoms with Crippen molar-refractivity contribution in [3.05, 3.63) is 42.2 Å². The highest BCUT2D eigenvalue weighted by Gasteiger charge is 2.20. The van der Waals surface area contributed by atoms with Gasteiger partial charge in [-0.25, -0.2) is 18.7 Å². The lowest BCUT2D eigenvalue weighted by Crippen LogP contribution is -2.24. The minimum Gasteiger partial charge on any atom is -0.487 e. The summed E-state index contributed by atoms with van der Waals surface area (Å²) in [6.45, 7) is 3.76. The van der Waals surface area contributed by atoms with Gasteiger partial charge in [-0.05, 0) is 24.8 Å². The lowest BCUT2D eigenvalue weighted by Gasteiger charge is -2.13. The van der Waals surface area contributed by atoms with Crippen LogP contribution in [0, 0.1) is 0 Å². The number of ether oxygens (including phenoxy) is 1. The molecule has 0 aliphatic heterocycles. The van der Waals surface area contributed by atoms with Crippen molar-refractivity contribution in [2.24, 2.45) is 0 Å². The Kier molecular flexibility index (Phi) is 12.1. The van der Waals surface area contributed by atoms with E-state index >= 15 is 0 Å². The third-order valence-electron chi connectivity index (χ3n) is 5.53. The van der Waals surface area contributed by atoms with Gasteiger partial charge in [-0.1, -0.05) is 89.5 Å². The number of hydrogen-bond acceptors (Lipinski definition) is 3. The van der Waals surface area contributed by atoms with Gasteiger partial charge in [0.2, 0.25) is 0 Å². The van der Waals surface area contributed by atoms with Crippen LogP contribution in [0.4, 0.5) is 8.78 Å². The van der Waals surface area contributed by atoms with Gasteiger partial charge in [-0.15, -0.1) is 0 Å². The number of rotatable bonds is 16. The monoisotopic (exact) mass is 432 g/mol. The van der Waals surface area contributed by atoms with E-state index in [1.54, 1.807) is 0 Å². The zero-order valence-electron chi connectivity index (χ0n) is 19.2. The van der Waals surface area contributed by atoms with Crippen LogP contribution in [-0.4, -0.2) is 28.9 Å². The maximum Gasteiger partial charge on any atom is 0.165 e. The van der Waals surface area contributed by atoms with Gasteiger partial charge in [0.15, 0.2) is 17.7 Å². The number of benzene rings is 1. The van der Waals surface area contributed by atoms with Crippen molar-refractivity contribution >= 4 is 0 Å². The summed E-state index contributed by atoms with van der Waals surface area (Å²) in [6, 6.07) is 8.33. The third kappa shape index (κ3) is 9.75. The number of unbranched alkanes of at least 4 members (excludes halogenated alkanes) is 7. The molecule has 3 nitrogen and oxygen atoms in total. The predicted octanol–water partition coefficient (Wildman–Crippen LogP) is 7.68. The highest BCUT2D eigenvalue weighted by atomic mass is 19.2. The van der Waals surface area contributed by atoms with Gasteiger partial charge in [-0.3, -0.25) is 0 Å². The van der Waals surface area contributed by atoms with Crippen LogP contribution in [0.2, 0.25) is 0 Å². The van der Waals surface area contributed by atoms with Crippen LogP contribution < -0.4 is 4.74 Å². The molecule has 0 bridgehead atoms. The molecule has 2 aromatic rings. The van der Waals surface area contributed by atoms with Crippen LogP contribution >= 0.6 is 0 Å². The first-order valence-electron chi connectivity index (χ1n) is 12.0. The Balaban J connectivity index is 1.72. The van der Waals surface area contributed by atoms with Gasteiger partial charge >= 0.3 is 0 Å². The average molecular weight is 433 g/mol. The summed E-state index contributed by atoms with van der Waals surface area (Å²) in [7, 11) is 0. The van der Waals surface area contributed by atoms with Crippen LogP contribution in [0.5, 0.6) is 5.75 Å². The van der Waals surface area contributed by atoms with E-state index in [0.717, 1.165) is 12.0 Å². The van der Waals surface area contributed by atoms with E-state index in [4.69, 9.17) is 4.74 Å². The van der Waals surface area contributed by atoms with Crippen LogP contribution in [-0.2, 0) is 6.42 Å². The number of aromatic nitrogens is 2. The second-order valence-corrected chi connectivity index (χ2v) is 8.30. The Hall–Kier alpha value is -2.04. The average Bonchev–Trinajstić information content (AvgIpc) is 2.80. The zero-order valence-corrected chi connectivity index (χ0v) is 19.2. The number of alkyl halides is 2. The summed E-state index contributed by atoms with van der Waals surface area (Å²) in [4.78, 5) is 8.61. The van der Waals surface area contributed by atoms with E-state index in [1.165, 1.54) is 69.3 Å². The molecule has 0 radical (unpaired) electrons. The Bertz CT molecular complexity index is 706. The first kappa shape index (κ1) is 25.2. The normalized spacial score (nSPS) is 13.2. The van der Waals surface area contributed by atoms with Crippen LogP contribution in [0.1, 0.15) is 83.6 Å². The largest absolute Gasteiger partial charge is 0.487 e. The first-order chi connectivity index (χ1) is 15.1. The molecular formula is C26H38F2N2O. The Morgan fingerprint density at radius 1 is 0.774 bits per heavy atom. The second-order valence-electron chi connectivity index (χ2n) is 8.30. The maximum absolute atomic E-state index is 13.7. The van der Waals surface area contributed by atoms with E-state index in [9.17, 15) is 8.78 Å². The van der Waals surface area contributed by atoms with Gasteiger partial charge in [0.05, 0.1) is 12.4 Å². The molecule has 31 heavy (non-hydrogen) atoms. The van der Waals surface area contributed by atoms with E-state index in [2.05, 4.69) is 29.0 Å². The van der Waals surface area contributed by atoms with Crippen molar-refractivity contribution in [1.29, 1.82) is 0 Å². The Labute approximate surface area is 186 Å². The molecule has 0 saturated heterocycles. The lowest BCUT2D eigenvalue weighted by atomic mass is 10.0. The summed E-state index contributed by atoms with van der Waals surface area (Å²) >= 11 is 0. The molecule has 1 heterocycles. The molecule has 2 unspecified atom stereocenters. The molecule has 1 aromatic carbocycles. The standard InChI is InChI=1S/C26H38F2N2O/c1-3-5-6-7-8-9-10-11-13-21-14-16-22(17-15-21)26-29-18-23(19-30-26)31-20-25(28)24(27)12-4-2/h14-19,24-25H,3-13,20H2,1-2H3. The van der Waals surface area contributed by atoms with Crippen LogP contribution in [0.25, 0.3) is 11.4 Å². The molecule has 0 amide bonds. The molecular weight excluding hydrogens is 394 g/mol. The summed E-state index contributed by atoms with van der Waals surface area (Å²) in [6.07, 6.45) is 12.4. The zero-order chi connectivity index (χ0) is 22.3. The number of halogens is 2. The van der Waals surface area contributed by atoms with Crippen molar-refractivity contribution in [3.63, 3.8) is 0 Å². The predicted molar refractivity (Wildman–Crippen MR) is 124 cm³/mol. The SMILES string of the molecule is CCCCCCCCCCc1ccc(-c2ncc(OCC(F)C(F)CCC)cn2)cc1. The highest BCUT2D eigenvalue weighted by Crippen LogP contribution is 2.19. The van der Waals surface area contributed by atoms with E-state index in [1.807, 2.05) is 19.1 Å². The summed E-state index contributed by atoms with van der Waals surface area (Å²) < 4.78 is 32.5. The summed E-state index contributed by atoms with van der Waals surface area (Å²) in [5, 5.41) is 0. The highest BCUT2D eigenvalue weighted by molar-refractivity contribution is 5.55. The summed E-state index contributed by atoms with van der Waals surface area (Å²) in [5.74, 6) is 0.943. The molecule has 0 fully saturated rings. The van der Waals surface area contributed by atoms with Crippen LogP contribution in [0.15, 0.2) is 36.7 Å². The van der Waals surface area contributed by atoms with Crippen molar-refractivity contribution in [2.45, 2.75) is 96.8 Å². The molecule has 2 rings (SSSR count). The van der Waals surface area contributed by atoms with Crippen molar-refractivity contribution < 1.29 is 13.5 Å². The summed E-state index contributed by atoms with van der Waals surface area (Å²) in [5.41, 5.74) is 2.26. The van der Waals surface area contributed by atoms with Gasteiger partial charge in [-0.2, -0.15) is 0 Å². The van der Waals surface area contributed by atoms with E-state index < -0.39 is 12.3 Å². The van der Waals surface area contributed by atoms with Crippen LogP contribution in [0.3, 0.4) is 0 Å². The van der Waals surface area contributed by atoms with E-state index in [0.29, 0.717) is 18.0 Å².